The Labute approximate surface area is 170 Å². The van der Waals surface area contributed by atoms with Gasteiger partial charge in [0.2, 0.25) is 5.91 Å². The molecule has 0 N–H and O–H groups in total. The van der Waals surface area contributed by atoms with Crippen LogP contribution in [0.3, 0.4) is 0 Å². The van der Waals surface area contributed by atoms with E-state index in [1.54, 1.807) is 23.2 Å². The molecule has 2 amide bonds. The summed E-state index contributed by atoms with van der Waals surface area (Å²) in [6, 6.07) is 14.4. The number of amides is 2. The molecule has 0 bridgehead atoms. The molecule has 2 aliphatic heterocycles. The fraction of sp³-hybridized carbons (Fsp3) is 0.364. The summed E-state index contributed by atoms with van der Waals surface area (Å²) in [6.45, 7) is 5.34. The van der Waals surface area contributed by atoms with Gasteiger partial charge in [-0.3, -0.25) is 14.6 Å². The Hall–Kier alpha value is -3.06. The van der Waals surface area contributed by atoms with E-state index in [2.05, 4.69) is 9.98 Å². The maximum Gasteiger partial charge on any atom is 0.279 e. The fourth-order valence-electron chi connectivity index (χ4n) is 3.80. The van der Waals surface area contributed by atoms with Crippen LogP contribution in [0.2, 0.25) is 0 Å². The van der Waals surface area contributed by atoms with E-state index < -0.39 is 18.1 Å². The van der Waals surface area contributed by atoms with E-state index >= 15 is 0 Å². The number of amidine groups is 1. The molecule has 2 aliphatic rings. The second kappa shape index (κ2) is 8.13. The molecule has 1 fully saturated rings. The quantitative estimate of drug-likeness (QED) is 0.777. The lowest BCUT2D eigenvalue weighted by molar-refractivity contribution is -0.156. The van der Waals surface area contributed by atoms with Gasteiger partial charge in [0.25, 0.3) is 5.91 Å². The Bertz CT molecular complexity index is 914. The summed E-state index contributed by atoms with van der Waals surface area (Å²) in [5, 5.41) is 0. The number of rotatable bonds is 5. The zero-order valence-electron chi connectivity index (χ0n) is 16.6. The highest BCUT2D eigenvalue weighted by Gasteiger charge is 2.49. The molecule has 0 radical (unpaired) electrons. The zero-order chi connectivity index (χ0) is 20.4. The standard InChI is InChI=1S/C22H24N4O3/c1-15(2)25-12-13-26-18(22(25)28)19(29-14-16-8-4-3-5-9-16)21(27)24-20(26)17-10-6-7-11-23-17/h3-11,15,18-19H,12-14H2,1-2H3. The van der Waals surface area contributed by atoms with Crippen LogP contribution in [-0.2, 0) is 20.9 Å². The smallest absolute Gasteiger partial charge is 0.279 e. The van der Waals surface area contributed by atoms with Crippen LogP contribution in [0.25, 0.3) is 0 Å². The number of aromatic nitrogens is 1. The number of nitrogens with zero attached hydrogens (tertiary/aromatic N) is 4. The second-order valence-corrected chi connectivity index (χ2v) is 7.47. The molecule has 150 valence electrons. The second-order valence-electron chi connectivity index (χ2n) is 7.47. The molecule has 7 nitrogen and oxygen atoms in total. The summed E-state index contributed by atoms with van der Waals surface area (Å²) in [7, 11) is 0. The lowest BCUT2D eigenvalue weighted by atomic mass is 9.99. The Morgan fingerprint density at radius 1 is 1.07 bits per heavy atom. The van der Waals surface area contributed by atoms with E-state index in [4.69, 9.17) is 4.74 Å². The predicted molar refractivity (Wildman–Crippen MR) is 108 cm³/mol. The van der Waals surface area contributed by atoms with Crippen molar-refractivity contribution >= 4 is 17.6 Å². The first-order valence-corrected chi connectivity index (χ1v) is 9.83. The van der Waals surface area contributed by atoms with Gasteiger partial charge in [-0.25, -0.2) is 0 Å². The third-order valence-electron chi connectivity index (χ3n) is 5.26. The highest BCUT2D eigenvalue weighted by molar-refractivity contribution is 6.11. The van der Waals surface area contributed by atoms with Crippen molar-refractivity contribution in [1.29, 1.82) is 0 Å². The number of hydrogen-bond donors (Lipinski definition) is 0. The van der Waals surface area contributed by atoms with Gasteiger partial charge in [0, 0.05) is 25.3 Å². The van der Waals surface area contributed by atoms with E-state index in [0.29, 0.717) is 24.6 Å². The normalized spacial score (nSPS) is 22.0. The molecule has 1 aromatic heterocycles. The van der Waals surface area contributed by atoms with Gasteiger partial charge in [-0.1, -0.05) is 36.4 Å². The summed E-state index contributed by atoms with van der Waals surface area (Å²) in [4.78, 5) is 38.6. The van der Waals surface area contributed by atoms with Crippen molar-refractivity contribution in [2.24, 2.45) is 4.99 Å². The van der Waals surface area contributed by atoms with Crippen molar-refractivity contribution in [2.75, 3.05) is 13.1 Å². The number of carbonyl (C=O) groups excluding carboxylic acids is 2. The van der Waals surface area contributed by atoms with Gasteiger partial charge in [-0.15, -0.1) is 0 Å². The van der Waals surface area contributed by atoms with Crippen molar-refractivity contribution in [2.45, 2.75) is 38.6 Å². The SMILES string of the molecule is CC(C)N1CCN2C(c3ccccn3)=NC(=O)C(OCc3ccccc3)C2C1=O. The number of fused-ring (bicyclic) bond motifs is 1. The molecule has 2 atom stereocenters. The minimum atomic E-state index is -0.947. The van der Waals surface area contributed by atoms with Crippen molar-refractivity contribution < 1.29 is 14.3 Å². The summed E-state index contributed by atoms with van der Waals surface area (Å²) < 4.78 is 5.97. The van der Waals surface area contributed by atoms with Crippen LogP contribution in [-0.4, -0.2) is 63.7 Å². The number of hydrogen-bond acceptors (Lipinski definition) is 5. The van der Waals surface area contributed by atoms with Crippen molar-refractivity contribution in [3.05, 3.63) is 66.0 Å². The molecule has 0 saturated carbocycles. The number of ether oxygens (including phenoxy) is 1. The van der Waals surface area contributed by atoms with Gasteiger partial charge in [-0.05, 0) is 31.5 Å². The van der Waals surface area contributed by atoms with Crippen LogP contribution in [0.1, 0.15) is 25.1 Å². The van der Waals surface area contributed by atoms with Gasteiger partial charge in [0.15, 0.2) is 11.9 Å². The topological polar surface area (TPSA) is 75.1 Å². The summed E-state index contributed by atoms with van der Waals surface area (Å²) in [6.07, 6.45) is 0.707. The number of carbonyl (C=O) groups is 2. The third kappa shape index (κ3) is 3.78. The van der Waals surface area contributed by atoms with E-state index in [9.17, 15) is 9.59 Å². The minimum absolute atomic E-state index is 0.0479. The number of pyridine rings is 1. The average Bonchev–Trinajstić information content (AvgIpc) is 2.74. The average molecular weight is 392 g/mol. The maximum atomic E-state index is 13.3. The maximum absolute atomic E-state index is 13.3. The van der Waals surface area contributed by atoms with Crippen LogP contribution in [0.5, 0.6) is 0 Å². The van der Waals surface area contributed by atoms with Crippen LogP contribution in [0.15, 0.2) is 59.7 Å². The van der Waals surface area contributed by atoms with Crippen LogP contribution >= 0.6 is 0 Å². The molecule has 4 rings (SSSR count). The third-order valence-corrected chi connectivity index (χ3v) is 5.26. The van der Waals surface area contributed by atoms with Crippen molar-refractivity contribution in [3.63, 3.8) is 0 Å². The van der Waals surface area contributed by atoms with Crippen LogP contribution in [0, 0.1) is 0 Å². The van der Waals surface area contributed by atoms with Crippen molar-refractivity contribution in [1.82, 2.24) is 14.8 Å². The Morgan fingerprint density at radius 3 is 2.52 bits per heavy atom. The number of aliphatic imine (C=N–C) groups is 1. The summed E-state index contributed by atoms with van der Waals surface area (Å²) >= 11 is 0. The predicted octanol–water partition coefficient (Wildman–Crippen LogP) is 1.87. The minimum Gasteiger partial charge on any atom is -0.361 e. The molecule has 7 heteroatoms. The Balaban J connectivity index is 1.67. The van der Waals surface area contributed by atoms with Gasteiger partial charge in [0.1, 0.15) is 11.7 Å². The lowest BCUT2D eigenvalue weighted by Crippen LogP contribution is -2.67. The van der Waals surface area contributed by atoms with Crippen LogP contribution < -0.4 is 0 Å². The van der Waals surface area contributed by atoms with Gasteiger partial charge >= 0.3 is 0 Å². The molecule has 3 heterocycles. The molecule has 0 spiro atoms. The first kappa shape index (κ1) is 19.3. The van der Waals surface area contributed by atoms with E-state index in [1.807, 2.05) is 55.1 Å². The summed E-state index contributed by atoms with van der Waals surface area (Å²) in [5.74, 6) is -0.111. The monoisotopic (exact) mass is 392 g/mol. The van der Waals surface area contributed by atoms with Gasteiger partial charge in [-0.2, -0.15) is 4.99 Å². The Morgan fingerprint density at radius 2 is 1.83 bits per heavy atom. The number of piperazine rings is 1. The highest BCUT2D eigenvalue weighted by atomic mass is 16.5. The molecular formula is C22H24N4O3. The van der Waals surface area contributed by atoms with E-state index in [-0.39, 0.29) is 18.6 Å². The summed E-state index contributed by atoms with van der Waals surface area (Å²) in [5.41, 5.74) is 1.52. The fourth-order valence-corrected chi connectivity index (χ4v) is 3.80. The van der Waals surface area contributed by atoms with Gasteiger partial charge in [0.05, 0.1) is 6.61 Å². The molecule has 1 aromatic carbocycles. The molecule has 2 aromatic rings. The Kier molecular flexibility index (Phi) is 5.40. The van der Waals surface area contributed by atoms with Crippen molar-refractivity contribution in [3.8, 4) is 0 Å². The number of benzene rings is 1. The largest absolute Gasteiger partial charge is 0.361 e. The molecule has 0 aliphatic carbocycles. The van der Waals surface area contributed by atoms with E-state index in [0.717, 1.165) is 5.56 Å². The van der Waals surface area contributed by atoms with Gasteiger partial charge < -0.3 is 14.5 Å². The molecular weight excluding hydrogens is 368 g/mol. The first-order valence-electron chi connectivity index (χ1n) is 9.83. The van der Waals surface area contributed by atoms with E-state index in [1.165, 1.54) is 0 Å². The molecule has 2 unspecified atom stereocenters. The first-order chi connectivity index (χ1) is 14.1. The molecule has 29 heavy (non-hydrogen) atoms. The molecule has 1 saturated heterocycles. The lowest BCUT2D eigenvalue weighted by Gasteiger charge is -2.47. The van der Waals surface area contributed by atoms with Crippen LogP contribution in [0.4, 0.5) is 0 Å². The highest BCUT2D eigenvalue weighted by Crippen LogP contribution is 2.26. The zero-order valence-corrected chi connectivity index (χ0v) is 16.6.